The van der Waals surface area contributed by atoms with Crippen LogP contribution in [0.4, 0.5) is 46.4 Å². The summed E-state index contributed by atoms with van der Waals surface area (Å²) in [6, 6.07) is 11.2. The summed E-state index contributed by atoms with van der Waals surface area (Å²) < 4.78 is 46.5. The summed E-state index contributed by atoms with van der Waals surface area (Å²) in [6.07, 6.45) is -1.88. The second-order valence-electron chi connectivity index (χ2n) is 7.74. The van der Waals surface area contributed by atoms with E-state index in [1.54, 1.807) is 11.1 Å². The Morgan fingerprint density at radius 1 is 1.22 bits per heavy atom. The van der Waals surface area contributed by atoms with Crippen LogP contribution in [0.3, 0.4) is 0 Å². The fraction of sp³-hybridized carbons (Fsp3) is 0.174. The van der Waals surface area contributed by atoms with E-state index in [1.165, 1.54) is 0 Å². The van der Waals surface area contributed by atoms with E-state index < -0.39 is 18.0 Å². The van der Waals surface area contributed by atoms with Crippen LogP contribution >= 0.6 is 0 Å². The van der Waals surface area contributed by atoms with Crippen LogP contribution in [0.1, 0.15) is 12.5 Å². The van der Waals surface area contributed by atoms with Crippen molar-refractivity contribution < 1.29 is 32.3 Å². The predicted molar refractivity (Wildman–Crippen MR) is 127 cm³/mol. The Hall–Kier alpha value is -4.75. The van der Waals surface area contributed by atoms with Crippen LogP contribution in [0, 0.1) is 5.82 Å². The van der Waals surface area contributed by atoms with Gasteiger partial charge in [0.2, 0.25) is 11.9 Å². The molecule has 4 aromatic rings. The van der Waals surface area contributed by atoms with Crippen molar-refractivity contribution in [1.29, 1.82) is 0 Å². The number of aromatic nitrogens is 4. The SMILES string of the molecule is CCN(c1nc(Nc2ccc3c(c2)CC(=O)N3)ncc1F)c1cccc2[nH]ncc12.O=C(O)C(F)(F)F. The number of nitrogens with zero attached hydrogens (tertiary/aromatic N) is 4. The molecule has 0 bridgehead atoms. The number of hydrogen-bond acceptors (Lipinski definition) is 7. The number of fused-ring (bicyclic) bond motifs is 2. The zero-order chi connectivity index (χ0) is 26.7. The van der Waals surface area contributed by atoms with Gasteiger partial charge in [-0.15, -0.1) is 0 Å². The highest BCUT2D eigenvalue weighted by molar-refractivity contribution is 5.99. The number of aliphatic carboxylic acids is 1. The first-order valence-electron chi connectivity index (χ1n) is 10.8. The molecule has 0 fully saturated rings. The lowest BCUT2D eigenvalue weighted by Crippen LogP contribution is -2.21. The minimum absolute atomic E-state index is 0.0329. The van der Waals surface area contributed by atoms with Gasteiger partial charge in [0, 0.05) is 23.3 Å². The third-order valence-electron chi connectivity index (χ3n) is 5.28. The van der Waals surface area contributed by atoms with Crippen molar-refractivity contribution >= 4 is 51.6 Å². The molecule has 0 unspecified atom stereocenters. The molecule has 5 rings (SSSR count). The zero-order valence-corrected chi connectivity index (χ0v) is 19.1. The highest BCUT2D eigenvalue weighted by Crippen LogP contribution is 2.33. The van der Waals surface area contributed by atoms with Crippen LogP contribution in [-0.4, -0.2) is 49.9 Å². The van der Waals surface area contributed by atoms with Gasteiger partial charge in [0.15, 0.2) is 11.6 Å². The molecule has 1 amide bonds. The molecule has 0 saturated carbocycles. The number of nitrogens with one attached hydrogen (secondary N) is 3. The quantitative estimate of drug-likeness (QED) is 0.284. The van der Waals surface area contributed by atoms with Crippen molar-refractivity contribution in [2.24, 2.45) is 0 Å². The lowest BCUT2D eigenvalue weighted by Gasteiger charge is -2.23. The Bertz CT molecular complexity index is 1470. The number of alkyl halides is 3. The number of amides is 1. The second-order valence-corrected chi connectivity index (χ2v) is 7.74. The summed E-state index contributed by atoms with van der Waals surface area (Å²) in [6.45, 7) is 2.43. The summed E-state index contributed by atoms with van der Waals surface area (Å²) in [5, 5.41) is 20.9. The average Bonchev–Trinajstić information content (AvgIpc) is 3.47. The number of aromatic amines is 1. The van der Waals surface area contributed by atoms with Crippen LogP contribution < -0.4 is 15.5 Å². The molecule has 1 aliphatic rings. The second kappa shape index (κ2) is 10.1. The third kappa shape index (κ3) is 5.58. The van der Waals surface area contributed by atoms with E-state index >= 15 is 0 Å². The van der Waals surface area contributed by atoms with E-state index in [0.717, 1.165) is 39.7 Å². The number of H-pyrrole nitrogens is 1. The van der Waals surface area contributed by atoms with Crippen molar-refractivity contribution in [3.63, 3.8) is 0 Å². The van der Waals surface area contributed by atoms with E-state index in [-0.39, 0.29) is 17.7 Å². The molecule has 0 spiro atoms. The maximum atomic E-state index is 14.7. The molecule has 0 atom stereocenters. The molecule has 4 N–H and O–H groups in total. The molecule has 0 saturated heterocycles. The molecule has 1 aliphatic heterocycles. The molecule has 0 radical (unpaired) electrons. The van der Waals surface area contributed by atoms with Crippen molar-refractivity contribution in [2.75, 3.05) is 22.1 Å². The van der Waals surface area contributed by atoms with E-state index in [9.17, 15) is 22.4 Å². The van der Waals surface area contributed by atoms with Crippen LogP contribution in [0.2, 0.25) is 0 Å². The molecular formula is C23H19F4N7O3. The van der Waals surface area contributed by atoms with E-state index in [0.29, 0.717) is 13.0 Å². The number of halogens is 4. The number of carbonyl (C=O) groups excluding carboxylic acids is 1. The van der Waals surface area contributed by atoms with Crippen LogP contribution in [0.5, 0.6) is 0 Å². The van der Waals surface area contributed by atoms with Crippen LogP contribution in [0.15, 0.2) is 48.8 Å². The van der Waals surface area contributed by atoms with Crippen molar-refractivity contribution in [3.05, 3.63) is 60.2 Å². The van der Waals surface area contributed by atoms with Gasteiger partial charge in [-0.2, -0.15) is 23.3 Å². The predicted octanol–water partition coefficient (Wildman–Crippen LogP) is 4.52. The van der Waals surface area contributed by atoms with E-state index in [1.807, 2.05) is 43.3 Å². The summed E-state index contributed by atoms with van der Waals surface area (Å²) >= 11 is 0. The zero-order valence-electron chi connectivity index (χ0n) is 19.1. The number of benzene rings is 2. The van der Waals surface area contributed by atoms with Gasteiger partial charge >= 0.3 is 12.1 Å². The molecule has 192 valence electrons. The minimum atomic E-state index is -5.08. The largest absolute Gasteiger partial charge is 0.490 e. The van der Waals surface area contributed by atoms with Crippen molar-refractivity contribution in [1.82, 2.24) is 20.2 Å². The summed E-state index contributed by atoms with van der Waals surface area (Å²) in [7, 11) is 0. The number of carboxylic acid groups (broad SMARTS) is 1. The van der Waals surface area contributed by atoms with Gasteiger partial charge in [-0.25, -0.2) is 14.2 Å². The standard InChI is InChI=1S/C21H18FN7O.C2HF3O2/c1-2-29(18-5-3-4-17-14(18)10-24-28-17)20-15(22)11-23-21(27-20)25-13-6-7-16-12(8-13)9-19(30)26-16;3-2(4,5)1(6)7/h3-8,10-11H,2,9H2,1H3,(H,24,28)(H,26,30)(H,23,25,27);(H,6,7). The summed E-state index contributed by atoms with van der Waals surface area (Å²) in [5.74, 6) is -2.88. The molecule has 10 nitrogen and oxygen atoms in total. The Morgan fingerprint density at radius 2 is 1.97 bits per heavy atom. The number of hydrogen-bond donors (Lipinski definition) is 4. The molecule has 14 heteroatoms. The first-order valence-corrected chi connectivity index (χ1v) is 10.8. The summed E-state index contributed by atoms with van der Waals surface area (Å²) in [4.78, 5) is 30.7. The van der Waals surface area contributed by atoms with E-state index in [2.05, 4.69) is 30.8 Å². The van der Waals surface area contributed by atoms with Gasteiger partial charge in [-0.3, -0.25) is 9.89 Å². The average molecular weight is 517 g/mol. The normalized spacial score (nSPS) is 12.4. The van der Waals surface area contributed by atoms with Gasteiger partial charge in [-0.1, -0.05) is 6.07 Å². The van der Waals surface area contributed by atoms with Crippen molar-refractivity contribution in [3.8, 4) is 0 Å². The van der Waals surface area contributed by atoms with Crippen molar-refractivity contribution in [2.45, 2.75) is 19.5 Å². The highest BCUT2D eigenvalue weighted by Gasteiger charge is 2.38. The number of anilines is 5. The number of carboxylic acids is 1. The fourth-order valence-corrected chi connectivity index (χ4v) is 3.67. The Morgan fingerprint density at radius 3 is 2.68 bits per heavy atom. The maximum absolute atomic E-state index is 14.7. The molecule has 2 aromatic carbocycles. The first kappa shape index (κ1) is 25.3. The number of carbonyl (C=O) groups is 2. The fourth-order valence-electron chi connectivity index (χ4n) is 3.67. The monoisotopic (exact) mass is 517 g/mol. The molecule has 0 aliphatic carbocycles. The lowest BCUT2D eigenvalue weighted by atomic mass is 10.1. The minimum Gasteiger partial charge on any atom is -0.475 e. The Balaban J connectivity index is 0.000000405. The Labute approximate surface area is 206 Å². The topological polar surface area (TPSA) is 136 Å². The van der Waals surface area contributed by atoms with Crippen LogP contribution in [0.25, 0.3) is 10.9 Å². The Kier molecular flexibility index (Phi) is 6.91. The number of rotatable bonds is 5. The highest BCUT2D eigenvalue weighted by atomic mass is 19.4. The summed E-state index contributed by atoms with van der Waals surface area (Å²) in [5.41, 5.74) is 4.09. The maximum Gasteiger partial charge on any atom is 0.490 e. The van der Waals surface area contributed by atoms with Crippen LogP contribution in [-0.2, 0) is 16.0 Å². The molecule has 2 aromatic heterocycles. The van der Waals surface area contributed by atoms with Gasteiger partial charge in [-0.05, 0) is 42.8 Å². The molecule has 3 heterocycles. The van der Waals surface area contributed by atoms with Gasteiger partial charge in [0.25, 0.3) is 0 Å². The molecule has 37 heavy (non-hydrogen) atoms. The first-order chi connectivity index (χ1) is 17.6. The van der Waals surface area contributed by atoms with Gasteiger partial charge < -0.3 is 20.6 Å². The lowest BCUT2D eigenvalue weighted by molar-refractivity contribution is -0.192. The van der Waals surface area contributed by atoms with E-state index in [4.69, 9.17) is 9.90 Å². The third-order valence-corrected chi connectivity index (χ3v) is 5.28. The van der Waals surface area contributed by atoms with Gasteiger partial charge in [0.1, 0.15) is 0 Å². The van der Waals surface area contributed by atoms with Gasteiger partial charge in [0.05, 0.1) is 30.0 Å². The smallest absolute Gasteiger partial charge is 0.475 e. The molecular weight excluding hydrogens is 498 g/mol.